The molecule has 0 aromatic heterocycles. The number of fused-ring (bicyclic) bond motifs is 3. The van der Waals surface area contributed by atoms with Gasteiger partial charge in [0.2, 0.25) is 0 Å². The van der Waals surface area contributed by atoms with Gasteiger partial charge in [-0.25, -0.2) is 0 Å². The number of aliphatic hydroxyl groups is 4. The Morgan fingerprint density at radius 2 is 1.59 bits per heavy atom. The molecule has 5 heteroatoms. The Kier molecular flexibility index (Phi) is 5.23. The smallest absolute Gasteiger partial charge is 0.146 e. The van der Waals surface area contributed by atoms with E-state index in [2.05, 4.69) is 6.92 Å². The van der Waals surface area contributed by atoms with Gasteiger partial charge in [-0.3, -0.25) is 4.79 Å². The zero-order chi connectivity index (χ0) is 22.3. The highest BCUT2D eigenvalue weighted by molar-refractivity contribution is 5.90. The van der Waals surface area contributed by atoms with Gasteiger partial charge in [0.05, 0.1) is 23.9 Å². The molecule has 3 aliphatic rings. The van der Waals surface area contributed by atoms with Crippen LogP contribution in [0.1, 0.15) is 68.2 Å². The van der Waals surface area contributed by atoms with Crippen LogP contribution >= 0.6 is 0 Å². The van der Waals surface area contributed by atoms with Crippen LogP contribution in [0.2, 0.25) is 0 Å². The van der Waals surface area contributed by atoms with Crippen LogP contribution < -0.4 is 0 Å². The molecule has 0 heterocycles. The van der Waals surface area contributed by atoms with Gasteiger partial charge in [0.25, 0.3) is 0 Å². The molecule has 9 atom stereocenters. The van der Waals surface area contributed by atoms with Crippen molar-refractivity contribution in [2.45, 2.75) is 85.5 Å². The Balaban J connectivity index is 2.39. The number of rotatable bonds is 1. The molecule has 4 unspecified atom stereocenters. The van der Waals surface area contributed by atoms with E-state index in [9.17, 15) is 25.2 Å². The molecule has 2 fully saturated rings. The molecule has 166 valence electrons. The van der Waals surface area contributed by atoms with Gasteiger partial charge in [0, 0.05) is 29.1 Å². The quantitative estimate of drug-likeness (QED) is 0.500. The molecule has 0 saturated heterocycles. The fraction of sp³-hybridized carbons (Fsp3) is 0.875. The zero-order valence-corrected chi connectivity index (χ0v) is 19.3. The lowest BCUT2D eigenvalue weighted by atomic mass is 9.40. The van der Waals surface area contributed by atoms with Gasteiger partial charge in [-0.15, -0.1) is 0 Å². The number of aliphatic hydroxyl groups excluding tert-OH is 2. The molecule has 2 saturated carbocycles. The van der Waals surface area contributed by atoms with E-state index < -0.39 is 52.5 Å². The number of hydrogen-bond acceptors (Lipinski definition) is 5. The van der Waals surface area contributed by atoms with Gasteiger partial charge in [0.1, 0.15) is 5.78 Å². The second-order valence-corrected chi connectivity index (χ2v) is 11.2. The molecular formula is C24H40O5. The van der Waals surface area contributed by atoms with E-state index in [1.165, 1.54) is 0 Å². The van der Waals surface area contributed by atoms with Crippen molar-refractivity contribution in [2.24, 2.45) is 40.4 Å². The Morgan fingerprint density at radius 3 is 2.10 bits per heavy atom. The molecule has 0 spiro atoms. The maximum absolute atomic E-state index is 14.1. The van der Waals surface area contributed by atoms with Crippen molar-refractivity contribution in [2.75, 3.05) is 6.61 Å². The molecule has 0 aromatic rings. The largest absolute Gasteiger partial charge is 0.393 e. The molecule has 0 radical (unpaired) electrons. The van der Waals surface area contributed by atoms with Crippen LogP contribution in [0.3, 0.4) is 0 Å². The van der Waals surface area contributed by atoms with Crippen molar-refractivity contribution in [3.05, 3.63) is 11.1 Å². The highest BCUT2D eigenvalue weighted by atomic mass is 16.3. The number of ketones is 1. The minimum absolute atomic E-state index is 0.00286. The third-order valence-corrected chi connectivity index (χ3v) is 9.82. The monoisotopic (exact) mass is 408 g/mol. The number of hydrogen-bond donors (Lipinski definition) is 4. The molecule has 0 aliphatic heterocycles. The third-order valence-electron chi connectivity index (χ3n) is 9.82. The predicted molar refractivity (Wildman–Crippen MR) is 112 cm³/mol. The van der Waals surface area contributed by atoms with E-state index in [1.807, 2.05) is 48.5 Å². The summed E-state index contributed by atoms with van der Waals surface area (Å²) >= 11 is 0. The van der Waals surface area contributed by atoms with Crippen LogP contribution in [0.15, 0.2) is 11.1 Å². The average molecular weight is 409 g/mol. The topological polar surface area (TPSA) is 98.0 Å². The van der Waals surface area contributed by atoms with Crippen LogP contribution in [0.4, 0.5) is 0 Å². The van der Waals surface area contributed by atoms with Crippen molar-refractivity contribution >= 4 is 5.78 Å². The first-order chi connectivity index (χ1) is 13.1. The van der Waals surface area contributed by atoms with E-state index in [1.54, 1.807) is 0 Å². The van der Waals surface area contributed by atoms with Gasteiger partial charge in [-0.2, -0.15) is 0 Å². The molecule has 2 bridgehead atoms. The summed E-state index contributed by atoms with van der Waals surface area (Å²) in [5, 5.41) is 45.0. The lowest BCUT2D eigenvalue weighted by molar-refractivity contribution is -0.244. The standard InChI is InChI=1S/C24H40O5/c1-12-9-13(2)23(28,11-25)19-16(5)24(29)10-17(26)14(3)18(21(24,6)7)15(4)20(27)22(12,19)8/h12-13,15-17,19,25-26,28-29H,9-11H2,1-8H3/t12-,13+,15+,16?,17?,19?,22+,23-,24?/m0/s1. The first kappa shape index (κ1) is 22.9. The second kappa shape index (κ2) is 6.62. The van der Waals surface area contributed by atoms with E-state index in [0.29, 0.717) is 6.42 Å². The number of Topliss-reactive ketones (excluding diaryl/α,β-unsaturated/α-hetero) is 1. The fourth-order valence-corrected chi connectivity index (χ4v) is 7.83. The average Bonchev–Trinajstić information content (AvgIpc) is 2.63. The number of carbonyl (C=O) groups excluding carboxylic acids is 1. The van der Waals surface area contributed by atoms with E-state index in [0.717, 1.165) is 11.1 Å². The maximum Gasteiger partial charge on any atom is 0.146 e. The van der Waals surface area contributed by atoms with Crippen molar-refractivity contribution in [1.82, 2.24) is 0 Å². The summed E-state index contributed by atoms with van der Waals surface area (Å²) in [5.74, 6) is -1.76. The summed E-state index contributed by atoms with van der Waals surface area (Å²) in [7, 11) is 0. The van der Waals surface area contributed by atoms with Gasteiger partial charge >= 0.3 is 0 Å². The molecule has 4 N–H and O–H groups in total. The summed E-state index contributed by atoms with van der Waals surface area (Å²) in [6, 6.07) is 0. The summed E-state index contributed by atoms with van der Waals surface area (Å²) < 4.78 is 0. The lowest BCUT2D eigenvalue weighted by Gasteiger charge is -2.65. The van der Waals surface area contributed by atoms with E-state index in [4.69, 9.17) is 0 Å². The molecule has 0 aromatic carbocycles. The van der Waals surface area contributed by atoms with E-state index in [-0.39, 0.29) is 24.0 Å². The van der Waals surface area contributed by atoms with Crippen LogP contribution in [-0.2, 0) is 4.79 Å². The highest BCUT2D eigenvalue weighted by Gasteiger charge is 2.69. The molecule has 3 aliphatic carbocycles. The first-order valence-electron chi connectivity index (χ1n) is 11.1. The lowest BCUT2D eigenvalue weighted by Crippen LogP contribution is -2.71. The van der Waals surface area contributed by atoms with Crippen LogP contribution in [0.5, 0.6) is 0 Å². The van der Waals surface area contributed by atoms with Crippen LogP contribution in [-0.4, -0.2) is 50.1 Å². The molecule has 5 nitrogen and oxygen atoms in total. The Hall–Kier alpha value is -0.750. The SMILES string of the molecule is CC1=C2[C@@H](C)C(=O)[C@@]3(C)C(C(C)C(O)(CC1O)C2(C)C)[C@](O)(CO)[C@H](C)C[C@@H]3C. The Morgan fingerprint density at radius 1 is 1.03 bits per heavy atom. The molecule has 0 amide bonds. The van der Waals surface area contributed by atoms with Crippen molar-refractivity contribution in [1.29, 1.82) is 0 Å². The van der Waals surface area contributed by atoms with Crippen LogP contribution in [0.25, 0.3) is 0 Å². The van der Waals surface area contributed by atoms with Gasteiger partial charge in [-0.05, 0) is 42.2 Å². The maximum atomic E-state index is 14.1. The Labute approximate surface area is 175 Å². The van der Waals surface area contributed by atoms with Gasteiger partial charge in [0.15, 0.2) is 0 Å². The number of carbonyl (C=O) groups is 1. The molecule has 3 rings (SSSR count). The summed E-state index contributed by atoms with van der Waals surface area (Å²) in [5.41, 5.74) is -2.81. The summed E-state index contributed by atoms with van der Waals surface area (Å²) in [6.07, 6.45) is -0.0304. The highest BCUT2D eigenvalue weighted by Crippen LogP contribution is 2.65. The predicted octanol–water partition coefficient (Wildman–Crippen LogP) is 2.70. The summed E-state index contributed by atoms with van der Waals surface area (Å²) in [4.78, 5) is 14.1. The minimum Gasteiger partial charge on any atom is -0.393 e. The zero-order valence-electron chi connectivity index (χ0n) is 19.3. The van der Waals surface area contributed by atoms with Crippen LogP contribution in [0, 0.1) is 40.4 Å². The molecule has 29 heavy (non-hydrogen) atoms. The molecular weight excluding hydrogens is 368 g/mol. The first-order valence-corrected chi connectivity index (χ1v) is 11.1. The second-order valence-electron chi connectivity index (χ2n) is 11.2. The Bertz CT molecular complexity index is 742. The van der Waals surface area contributed by atoms with Crippen molar-refractivity contribution < 1.29 is 25.2 Å². The van der Waals surface area contributed by atoms with Gasteiger partial charge < -0.3 is 20.4 Å². The van der Waals surface area contributed by atoms with Crippen molar-refractivity contribution in [3.63, 3.8) is 0 Å². The normalized spacial score (nSPS) is 52.6. The fourth-order valence-electron chi connectivity index (χ4n) is 7.83. The summed E-state index contributed by atoms with van der Waals surface area (Å²) in [6.45, 7) is 15.0. The minimum atomic E-state index is -1.47. The third kappa shape index (κ3) is 2.57. The van der Waals surface area contributed by atoms with E-state index >= 15 is 0 Å². The van der Waals surface area contributed by atoms with Gasteiger partial charge in [-0.1, -0.05) is 48.5 Å². The van der Waals surface area contributed by atoms with Crippen molar-refractivity contribution in [3.8, 4) is 0 Å².